The number of hydrogen-bond donors (Lipinski definition) is 1. The summed E-state index contributed by atoms with van der Waals surface area (Å²) in [6.07, 6.45) is 2.23. The molecule has 1 aliphatic heterocycles. The summed E-state index contributed by atoms with van der Waals surface area (Å²) in [5, 5.41) is 9.05. The van der Waals surface area contributed by atoms with Crippen LogP contribution in [0.1, 0.15) is 18.4 Å². The van der Waals surface area contributed by atoms with Crippen molar-refractivity contribution >= 4 is 21.8 Å². The summed E-state index contributed by atoms with van der Waals surface area (Å²) in [5.74, 6) is 1.11. The fourth-order valence-electron chi connectivity index (χ4n) is 1.80. The van der Waals surface area contributed by atoms with Gasteiger partial charge in [-0.05, 0) is 42.9 Å². The summed E-state index contributed by atoms with van der Waals surface area (Å²) in [5.41, 5.74) is 0.459. The predicted molar refractivity (Wildman–Crippen MR) is 71.8 cm³/mol. The van der Waals surface area contributed by atoms with Gasteiger partial charge in [0.15, 0.2) is 0 Å². The van der Waals surface area contributed by atoms with Gasteiger partial charge in [0, 0.05) is 11.8 Å². The molecule has 6 heteroatoms. The molecule has 0 spiro atoms. The van der Waals surface area contributed by atoms with Gasteiger partial charge in [0.05, 0.1) is 16.5 Å². The maximum atomic E-state index is 12.0. The average Bonchev–Trinajstić information content (AvgIpc) is 2.90. The number of nitrogens with zero attached hydrogens (tertiary/aromatic N) is 1. The van der Waals surface area contributed by atoms with Gasteiger partial charge in [-0.2, -0.15) is 17.0 Å². The minimum absolute atomic E-state index is 0.212. The van der Waals surface area contributed by atoms with Crippen molar-refractivity contribution in [3.63, 3.8) is 0 Å². The monoisotopic (exact) mass is 282 g/mol. The Morgan fingerprint density at radius 1 is 1.39 bits per heavy atom. The average molecular weight is 282 g/mol. The lowest BCUT2D eigenvalue weighted by molar-refractivity contribution is 0.579. The first-order chi connectivity index (χ1) is 8.62. The van der Waals surface area contributed by atoms with E-state index in [0.717, 1.165) is 18.6 Å². The van der Waals surface area contributed by atoms with Crippen molar-refractivity contribution in [2.45, 2.75) is 23.0 Å². The summed E-state index contributed by atoms with van der Waals surface area (Å²) in [7, 11) is -3.45. The van der Waals surface area contributed by atoms with Crippen molar-refractivity contribution in [1.82, 2.24) is 4.72 Å². The molecule has 0 aromatic heterocycles. The highest BCUT2D eigenvalue weighted by Gasteiger charge is 2.19. The van der Waals surface area contributed by atoms with Crippen molar-refractivity contribution in [2.24, 2.45) is 0 Å². The number of rotatable bonds is 4. The number of hydrogen-bond acceptors (Lipinski definition) is 4. The molecule has 1 fully saturated rings. The first-order valence-electron chi connectivity index (χ1n) is 5.73. The Balaban J connectivity index is 2.02. The van der Waals surface area contributed by atoms with Gasteiger partial charge < -0.3 is 0 Å². The first-order valence-corrected chi connectivity index (χ1v) is 8.26. The van der Waals surface area contributed by atoms with Crippen LogP contribution >= 0.6 is 11.8 Å². The van der Waals surface area contributed by atoms with Crippen LogP contribution in [0.25, 0.3) is 0 Å². The first kappa shape index (κ1) is 13.4. The standard InChI is InChI=1S/C12H14N2O2S2/c13-8-10-3-5-12(6-4-10)18(15,16)14-9-11-2-1-7-17-11/h3-6,11,14H,1-2,7,9H2. The molecule has 2 rings (SSSR count). The molecule has 1 unspecified atom stereocenters. The SMILES string of the molecule is N#Cc1ccc(S(=O)(=O)NCC2CCCS2)cc1. The van der Waals surface area contributed by atoms with Crippen molar-refractivity contribution in [2.75, 3.05) is 12.3 Å². The Morgan fingerprint density at radius 2 is 2.11 bits per heavy atom. The maximum absolute atomic E-state index is 12.0. The fourth-order valence-corrected chi connectivity index (χ4v) is 4.19. The molecule has 1 aromatic carbocycles. The molecule has 0 amide bonds. The quantitative estimate of drug-likeness (QED) is 0.913. The van der Waals surface area contributed by atoms with E-state index in [4.69, 9.17) is 5.26 Å². The molecular formula is C12H14N2O2S2. The molecule has 1 aromatic rings. The number of nitrogens with one attached hydrogen (secondary N) is 1. The molecule has 1 heterocycles. The molecule has 1 N–H and O–H groups in total. The lowest BCUT2D eigenvalue weighted by Gasteiger charge is -2.10. The van der Waals surface area contributed by atoms with Crippen LogP contribution in [-0.4, -0.2) is 26.0 Å². The summed E-state index contributed by atoms with van der Waals surface area (Å²) in [6.45, 7) is 0.479. The second kappa shape index (κ2) is 5.74. The van der Waals surface area contributed by atoms with Crippen LogP contribution < -0.4 is 4.72 Å². The summed E-state index contributed by atoms with van der Waals surface area (Å²) in [6, 6.07) is 7.91. The third-order valence-corrected chi connectivity index (χ3v) is 5.66. The Labute approximate surface area is 111 Å². The highest BCUT2D eigenvalue weighted by Crippen LogP contribution is 2.25. The van der Waals surface area contributed by atoms with Crippen LogP contribution in [0.5, 0.6) is 0 Å². The van der Waals surface area contributed by atoms with Crippen molar-refractivity contribution in [3.8, 4) is 6.07 Å². The molecule has 18 heavy (non-hydrogen) atoms. The number of sulfonamides is 1. The van der Waals surface area contributed by atoms with E-state index in [-0.39, 0.29) is 4.90 Å². The molecule has 0 radical (unpaired) electrons. The molecular weight excluding hydrogens is 268 g/mol. The molecule has 96 valence electrons. The normalized spacial score (nSPS) is 19.6. The second-order valence-corrected chi connectivity index (χ2v) is 7.30. The van der Waals surface area contributed by atoms with Gasteiger partial charge in [-0.15, -0.1) is 0 Å². The van der Waals surface area contributed by atoms with Gasteiger partial charge in [0.2, 0.25) is 10.0 Å². The zero-order chi connectivity index (χ0) is 13.0. The molecule has 0 aliphatic carbocycles. The van der Waals surface area contributed by atoms with E-state index in [9.17, 15) is 8.42 Å². The molecule has 4 nitrogen and oxygen atoms in total. The van der Waals surface area contributed by atoms with Crippen molar-refractivity contribution in [3.05, 3.63) is 29.8 Å². The minimum Gasteiger partial charge on any atom is -0.210 e. The van der Waals surface area contributed by atoms with Crippen LogP contribution in [0.2, 0.25) is 0 Å². The summed E-state index contributed by atoms with van der Waals surface area (Å²) >= 11 is 1.81. The van der Waals surface area contributed by atoms with Crippen LogP contribution in [0.3, 0.4) is 0 Å². The third-order valence-electron chi connectivity index (χ3n) is 2.82. The van der Waals surface area contributed by atoms with E-state index in [0.29, 0.717) is 17.4 Å². The van der Waals surface area contributed by atoms with Crippen molar-refractivity contribution in [1.29, 1.82) is 5.26 Å². The Hall–Kier alpha value is -1.03. The predicted octanol–water partition coefficient (Wildman–Crippen LogP) is 1.73. The number of thioether (sulfide) groups is 1. The van der Waals surface area contributed by atoms with Crippen LogP contribution in [0, 0.1) is 11.3 Å². The number of nitriles is 1. The lowest BCUT2D eigenvalue weighted by Crippen LogP contribution is -2.29. The molecule has 1 atom stereocenters. The van der Waals surface area contributed by atoms with Gasteiger partial charge in [-0.25, -0.2) is 13.1 Å². The van der Waals surface area contributed by atoms with E-state index >= 15 is 0 Å². The smallest absolute Gasteiger partial charge is 0.210 e. The van der Waals surface area contributed by atoms with E-state index in [2.05, 4.69) is 4.72 Å². The maximum Gasteiger partial charge on any atom is 0.240 e. The Morgan fingerprint density at radius 3 is 2.67 bits per heavy atom. The number of benzene rings is 1. The van der Waals surface area contributed by atoms with Crippen LogP contribution in [-0.2, 0) is 10.0 Å². The van der Waals surface area contributed by atoms with Gasteiger partial charge in [-0.1, -0.05) is 0 Å². The summed E-state index contributed by atoms with van der Waals surface area (Å²) in [4.78, 5) is 0.212. The van der Waals surface area contributed by atoms with E-state index in [1.54, 1.807) is 0 Å². The van der Waals surface area contributed by atoms with Crippen LogP contribution in [0.4, 0.5) is 0 Å². The zero-order valence-corrected chi connectivity index (χ0v) is 11.4. The Bertz CT molecular complexity index is 540. The molecule has 0 bridgehead atoms. The molecule has 0 saturated carbocycles. The van der Waals surface area contributed by atoms with Gasteiger partial charge >= 0.3 is 0 Å². The van der Waals surface area contributed by atoms with E-state index in [1.165, 1.54) is 24.3 Å². The fraction of sp³-hybridized carbons (Fsp3) is 0.417. The van der Waals surface area contributed by atoms with E-state index in [1.807, 2.05) is 17.8 Å². The van der Waals surface area contributed by atoms with Gasteiger partial charge in [-0.3, -0.25) is 0 Å². The summed E-state index contributed by atoms with van der Waals surface area (Å²) < 4.78 is 26.6. The lowest BCUT2D eigenvalue weighted by atomic mass is 10.2. The van der Waals surface area contributed by atoms with Gasteiger partial charge in [0.1, 0.15) is 0 Å². The van der Waals surface area contributed by atoms with E-state index < -0.39 is 10.0 Å². The zero-order valence-electron chi connectivity index (χ0n) is 9.80. The minimum atomic E-state index is -3.45. The van der Waals surface area contributed by atoms with Crippen LogP contribution in [0.15, 0.2) is 29.2 Å². The largest absolute Gasteiger partial charge is 0.240 e. The molecule has 1 saturated heterocycles. The van der Waals surface area contributed by atoms with Crippen molar-refractivity contribution < 1.29 is 8.42 Å². The van der Waals surface area contributed by atoms with Gasteiger partial charge in [0.25, 0.3) is 0 Å². The highest BCUT2D eigenvalue weighted by atomic mass is 32.2. The Kier molecular flexibility index (Phi) is 4.27. The topological polar surface area (TPSA) is 70.0 Å². The molecule has 1 aliphatic rings. The highest BCUT2D eigenvalue weighted by molar-refractivity contribution is 8.00. The third kappa shape index (κ3) is 3.25. The second-order valence-electron chi connectivity index (χ2n) is 4.12.